The van der Waals surface area contributed by atoms with E-state index in [1.807, 2.05) is 0 Å². The number of hydrogen-bond acceptors (Lipinski definition) is 2. The van der Waals surface area contributed by atoms with Crippen LogP contribution in [0.15, 0.2) is 24.3 Å². The number of nitrogens with zero attached hydrogens (tertiary/aromatic N) is 1. The molecule has 3 atom stereocenters. The summed E-state index contributed by atoms with van der Waals surface area (Å²) in [6.45, 7) is 7.23. The molecule has 0 bridgehead atoms. The predicted octanol–water partition coefficient (Wildman–Crippen LogP) is 3.71. The number of benzene rings is 1. The minimum atomic E-state index is 0.702. The van der Waals surface area contributed by atoms with Crippen LogP contribution in [0.1, 0.15) is 38.7 Å². The number of fused-ring (bicyclic) bond motifs is 1. The van der Waals surface area contributed by atoms with E-state index in [4.69, 9.17) is 0 Å². The monoisotopic (exact) mass is 286 g/mol. The van der Waals surface area contributed by atoms with Gasteiger partial charge in [-0.15, -0.1) is 0 Å². The highest BCUT2D eigenvalue weighted by molar-refractivity contribution is 5.57. The summed E-state index contributed by atoms with van der Waals surface area (Å²) >= 11 is 0. The third kappa shape index (κ3) is 3.11. The van der Waals surface area contributed by atoms with Crippen LogP contribution < -0.4 is 10.2 Å². The topological polar surface area (TPSA) is 15.3 Å². The van der Waals surface area contributed by atoms with Crippen LogP contribution in [0.3, 0.4) is 0 Å². The Kier molecular flexibility index (Phi) is 4.54. The first-order chi connectivity index (χ1) is 10.2. The smallest absolute Gasteiger partial charge is 0.0399 e. The Balaban J connectivity index is 1.70. The lowest BCUT2D eigenvalue weighted by Gasteiger charge is -2.40. The molecule has 0 spiro atoms. The number of rotatable bonds is 4. The fraction of sp³-hybridized carbons (Fsp3) is 0.684. The van der Waals surface area contributed by atoms with E-state index in [0.717, 1.165) is 17.8 Å². The molecule has 1 N–H and O–H groups in total. The van der Waals surface area contributed by atoms with Gasteiger partial charge in [0, 0.05) is 24.8 Å². The zero-order chi connectivity index (χ0) is 14.8. The van der Waals surface area contributed by atoms with Gasteiger partial charge in [-0.1, -0.05) is 32.0 Å². The summed E-state index contributed by atoms with van der Waals surface area (Å²) in [6, 6.07) is 9.66. The molecule has 1 aromatic carbocycles. The minimum Gasteiger partial charge on any atom is -0.371 e. The second-order valence-corrected chi connectivity index (χ2v) is 7.30. The molecule has 0 saturated heterocycles. The number of anilines is 1. The molecule has 1 aliphatic carbocycles. The molecular weight excluding hydrogens is 256 g/mol. The molecule has 1 fully saturated rings. The Labute approximate surface area is 129 Å². The average molecular weight is 286 g/mol. The van der Waals surface area contributed by atoms with Crippen molar-refractivity contribution in [2.24, 2.45) is 17.8 Å². The molecule has 0 radical (unpaired) electrons. The van der Waals surface area contributed by atoms with Crippen molar-refractivity contribution in [3.63, 3.8) is 0 Å². The van der Waals surface area contributed by atoms with Crippen molar-refractivity contribution >= 4 is 5.69 Å². The normalized spacial score (nSPS) is 29.0. The fourth-order valence-corrected chi connectivity index (χ4v) is 4.37. The summed E-state index contributed by atoms with van der Waals surface area (Å²) in [7, 11) is 2.14. The van der Waals surface area contributed by atoms with Crippen LogP contribution in [0.2, 0.25) is 0 Å². The Morgan fingerprint density at radius 2 is 2.05 bits per heavy atom. The second-order valence-electron chi connectivity index (χ2n) is 7.30. The molecular formula is C19H30N2. The Morgan fingerprint density at radius 1 is 1.24 bits per heavy atom. The molecule has 0 aromatic heterocycles. The largest absolute Gasteiger partial charge is 0.371 e. The maximum Gasteiger partial charge on any atom is 0.0399 e. The van der Waals surface area contributed by atoms with Crippen molar-refractivity contribution < 1.29 is 0 Å². The van der Waals surface area contributed by atoms with Crippen LogP contribution in [0, 0.1) is 17.8 Å². The summed E-state index contributed by atoms with van der Waals surface area (Å²) in [6.07, 6.45) is 5.36. The van der Waals surface area contributed by atoms with Crippen LogP contribution >= 0.6 is 0 Å². The lowest BCUT2D eigenvalue weighted by atomic mass is 9.73. The van der Waals surface area contributed by atoms with E-state index in [-0.39, 0.29) is 0 Å². The third-order valence-corrected chi connectivity index (χ3v) is 5.77. The predicted molar refractivity (Wildman–Crippen MR) is 90.9 cm³/mol. The van der Waals surface area contributed by atoms with Gasteiger partial charge in [0.2, 0.25) is 0 Å². The van der Waals surface area contributed by atoms with Gasteiger partial charge in [0.25, 0.3) is 0 Å². The Hall–Kier alpha value is -1.02. The lowest BCUT2D eigenvalue weighted by molar-refractivity contribution is 0.176. The highest BCUT2D eigenvalue weighted by Gasteiger charge is 2.33. The van der Waals surface area contributed by atoms with Gasteiger partial charge in [0.05, 0.1) is 0 Å². The molecule has 1 saturated carbocycles. The zero-order valence-corrected chi connectivity index (χ0v) is 13.8. The highest BCUT2D eigenvalue weighted by Crippen LogP contribution is 2.36. The zero-order valence-electron chi connectivity index (χ0n) is 13.8. The van der Waals surface area contributed by atoms with Crippen molar-refractivity contribution in [2.45, 2.75) is 45.6 Å². The van der Waals surface area contributed by atoms with E-state index < -0.39 is 0 Å². The molecule has 2 aliphatic rings. The molecule has 2 nitrogen and oxygen atoms in total. The first kappa shape index (κ1) is 14.9. The first-order valence-electron chi connectivity index (χ1n) is 8.69. The molecule has 116 valence electrons. The molecule has 1 aromatic rings. The third-order valence-electron chi connectivity index (χ3n) is 5.77. The van der Waals surface area contributed by atoms with Gasteiger partial charge >= 0.3 is 0 Å². The SMILES string of the molecule is CNC1CCC(C(C)C)CC1CN1CCc2ccccc21. The first-order valence-corrected chi connectivity index (χ1v) is 8.69. The molecule has 2 heteroatoms. The summed E-state index contributed by atoms with van der Waals surface area (Å²) in [5.41, 5.74) is 3.02. The van der Waals surface area contributed by atoms with Crippen molar-refractivity contribution in [3.05, 3.63) is 29.8 Å². The van der Waals surface area contributed by atoms with Gasteiger partial charge in [0.1, 0.15) is 0 Å². The summed E-state index contributed by atoms with van der Waals surface area (Å²) < 4.78 is 0. The van der Waals surface area contributed by atoms with Crippen LogP contribution in [0.25, 0.3) is 0 Å². The van der Waals surface area contributed by atoms with Crippen molar-refractivity contribution in [3.8, 4) is 0 Å². The fourth-order valence-electron chi connectivity index (χ4n) is 4.37. The van der Waals surface area contributed by atoms with E-state index in [2.05, 4.69) is 55.4 Å². The highest BCUT2D eigenvalue weighted by atomic mass is 15.2. The van der Waals surface area contributed by atoms with Crippen molar-refractivity contribution in [1.82, 2.24) is 5.32 Å². The van der Waals surface area contributed by atoms with E-state index >= 15 is 0 Å². The van der Waals surface area contributed by atoms with E-state index in [1.165, 1.54) is 50.0 Å². The molecule has 21 heavy (non-hydrogen) atoms. The second kappa shape index (κ2) is 6.39. The van der Waals surface area contributed by atoms with Gasteiger partial charge in [-0.25, -0.2) is 0 Å². The minimum absolute atomic E-state index is 0.702. The summed E-state index contributed by atoms with van der Waals surface area (Å²) in [5, 5.41) is 3.58. The lowest BCUT2D eigenvalue weighted by Crippen LogP contribution is -2.45. The van der Waals surface area contributed by atoms with Gasteiger partial charge in [-0.2, -0.15) is 0 Å². The molecule has 1 aliphatic heterocycles. The summed E-state index contributed by atoms with van der Waals surface area (Å²) in [5.74, 6) is 2.54. The number of nitrogens with one attached hydrogen (secondary N) is 1. The van der Waals surface area contributed by atoms with Gasteiger partial charge < -0.3 is 10.2 Å². The van der Waals surface area contributed by atoms with E-state index in [1.54, 1.807) is 0 Å². The van der Waals surface area contributed by atoms with Crippen molar-refractivity contribution in [2.75, 3.05) is 25.0 Å². The summed E-state index contributed by atoms with van der Waals surface area (Å²) in [4.78, 5) is 2.63. The average Bonchev–Trinajstić information content (AvgIpc) is 2.90. The number of para-hydroxylation sites is 1. The van der Waals surface area contributed by atoms with Crippen LogP contribution in [0.4, 0.5) is 5.69 Å². The molecule has 3 unspecified atom stereocenters. The van der Waals surface area contributed by atoms with Crippen LogP contribution in [-0.4, -0.2) is 26.2 Å². The Morgan fingerprint density at radius 3 is 2.81 bits per heavy atom. The maximum absolute atomic E-state index is 3.58. The maximum atomic E-state index is 3.58. The van der Waals surface area contributed by atoms with E-state index in [9.17, 15) is 0 Å². The molecule has 1 heterocycles. The molecule has 3 rings (SSSR count). The van der Waals surface area contributed by atoms with Gasteiger partial charge in [-0.05, 0) is 62.1 Å². The molecule has 0 amide bonds. The quantitative estimate of drug-likeness (QED) is 0.907. The van der Waals surface area contributed by atoms with Crippen LogP contribution in [-0.2, 0) is 6.42 Å². The van der Waals surface area contributed by atoms with Crippen molar-refractivity contribution in [1.29, 1.82) is 0 Å². The standard InChI is InChI=1S/C19H30N2/c1-14(2)16-8-9-18(20-3)17(12-16)13-21-11-10-15-6-4-5-7-19(15)21/h4-7,14,16-18,20H,8-13H2,1-3H3. The van der Waals surface area contributed by atoms with Crippen LogP contribution in [0.5, 0.6) is 0 Å². The van der Waals surface area contributed by atoms with Gasteiger partial charge in [0.15, 0.2) is 0 Å². The van der Waals surface area contributed by atoms with Gasteiger partial charge in [-0.3, -0.25) is 0 Å². The number of hydrogen-bond donors (Lipinski definition) is 1. The Bertz CT molecular complexity index is 468. The van der Waals surface area contributed by atoms with E-state index in [0.29, 0.717) is 6.04 Å².